The van der Waals surface area contributed by atoms with Crippen LogP contribution < -0.4 is 5.32 Å². The molecule has 0 spiro atoms. The molecule has 2 fully saturated rings. The number of rotatable bonds is 9. The van der Waals surface area contributed by atoms with Gasteiger partial charge in [-0.25, -0.2) is 0 Å². The molecule has 0 radical (unpaired) electrons. The molecule has 2 rings (SSSR count). The molecule has 2 saturated carbocycles. The minimum Gasteiger partial charge on any atom is -0.300 e. The summed E-state index contributed by atoms with van der Waals surface area (Å²) in [7, 11) is 0. The summed E-state index contributed by atoms with van der Waals surface area (Å²) in [5.41, 5.74) is -0.258. The third-order valence-electron chi connectivity index (χ3n) is 4.07. The molecule has 3 heteroatoms. The maximum atomic E-state index is 9.71. The Morgan fingerprint density at radius 2 is 1.78 bits per heavy atom. The summed E-state index contributed by atoms with van der Waals surface area (Å²) in [6.45, 7) is 7.61. The van der Waals surface area contributed by atoms with Gasteiger partial charge >= 0.3 is 0 Å². The van der Waals surface area contributed by atoms with Crippen LogP contribution in [0.2, 0.25) is 0 Å². The standard InChI is InChI=1S/C15H27N3/c1-3-9-18(10-4-2)12-15(11-16,13-5-6-13)17-14-7-8-14/h13-14,17H,3-10,12H2,1-2H3. The van der Waals surface area contributed by atoms with E-state index in [4.69, 9.17) is 0 Å². The van der Waals surface area contributed by atoms with Gasteiger partial charge in [-0.05, 0) is 57.5 Å². The molecule has 1 unspecified atom stereocenters. The molecule has 0 aromatic carbocycles. The fourth-order valence-corrected chi connectivity index (χ4v) is 2.87. The predicted molar refractivity (Wildman–Crippen MR) is 74.2 cm³/mol. The second kappa shape index (κ2) is 6.04. The van der Waals surface area contributed by atoms with Crippen LogP contribution in [0, 0.1) is 17.2 Å². The summed E-state index contributed by atoms with van der Waals surface area (Å²) in [6, 6.07) is 3.26. The van der Waals surface area contributed by atoms with E-state index in [0.29, 0.717) is 12.0 Å². The molecular formula is C15H27N3. The first kappa shape index (κ1) is 13.8. The van der Waals surface area contributed by atoms with Gasteiger partial charge in [-0.15, -0.1) is 0 Å². The van der Waals surface area contributed by atoms with Gasteiger partial charge in [0.1, 0.15) is 5.54 Å². The Hall–Kier alpha value is -0.590. The number of nitrogens with one attached hydrogen (secondary N) is 1. The summed E-state index contributed by atoms with van der Waals surface area (Å²) < 4.78 is 0. The zero-order valence-electron chi connectivity index (χ0n) is 11.9. The molecule has 102 valence electrons. The van der Waals surface area contributed by atoms with E-state index >= 15 is 0 Å². The Balaban J connectivity index is 1.99. The monoisotopic (exact) mass is 249 g/mol. The number of nitrogens with zero attached hydrogens (tertiary/aromatic N) is 2. The molecule has 0 amide bonds. The minimum atomic E-state index is -0.258. The highest BCUT2D eigenvalue weighted by Crippen LogP contribution is 2.41. The molecule has 2 aliphatic carbocycles. The van der Waals surface area contributed by atoms with E-state index in [2.05, 4.69) is 30.1 Å². The van der Waals surface area contributed by atoms with Crippen molar-refractivity contribution in [3.05, 3.63) is 0 Å². The first-order chi connectivity index (χ1) is 8.74. The van der Waals surface area contributed by atoms with E-state index < -0.39 is 0 Å². The first-order valence-electron chi connectivity index (χ1n) is 7.65. The fourth-order valence-electron chi connectivity index (χ4n) is 2.87. The van der Waals surface area contributed by atoms with Gasteiger partial charge in [0.2, 0.25) is 0 Å². The quantitative estimate of drug-likeness (QED) is 0.682. The van der Waals surface area contributed by atoms with Crippen molar-refractivity contribution in [2.75, 3.05) is 19.6 Å². The molecule has 0 saturated heterocycles. The molecule has 0 bridgehead atoms. The first-order valence-corrected chi connectivity index (χ1v) is 7.65. The molecule has 0 heterocycles. The van der Waals surface area contributed by atoms with Gasteiger partial charge < -0.3 is 4.90 Å². The van der Waals surface area contributed by atoms with E-state index in [0.717, 1.165) is 19.6 Å². The highest BCUT2D eigenvalue weighted by Gasteiger charge is 2.48. The second-order valence-corrected chi connectivity index (χ2v) is 6.05. The van der Waals surface area contributed by atoms with Crippen LogP contribution in [0.25, 0.3) is 0 Å². The van der Waals surface area contributed by atoms with Gasteiger partial charge in [0.25, 0.3) is 0 Å². The predicted octanol–water partition coefficient (Wildman–Crippen LogP) is 2.53. The molecule has 2 aliphatic rings. The van der Waals surface area contributed by atoms with Crippen molar-refractivity contribution in [1.82, 2.24) is 10.2 Å². The fraction of sp³-hybridized carbons (Fsp3) is 0.933. The summed E-state index contributed by atoms with van der Waals surface area (Å²) >= 11 is 0. The normalized spacial score (nSPS) is 22.8. The number of nitriles is 1. The van der Waals surface area contributed by atoms with Crippen LogP contribution in [0.5, 0.6) is 0 Å². The molecular weight excluding hydrogens is 222 g/mol. The Kier molecular flexibility index (Phi) is 4.64. The van der Waals surface area contributed by atoms with Crippen LogP contribution in [0.15, 0.2) is 0 Å². The Labute approximate surface area is 112 Å². The van der Waals surface area contributed by atoms with Gasteiger partial charge in [0, 0.05) is 12.6 Å². The zero-order valence-corrected chi connectivity index (χ0v) is 11.9. The van der Waals surface area contributed by atoms with Gasteiger partial charge in [0.05, 0.1) is 6.07 Å². The van der Waals surface area contributed by atoms with E-state index in [1.165, 1.54) is 38.5 Å². The smallest absolute Gasteiger partial charge is 0.122 e. The maximum Gasteiger partial charge on any atom is 0.122 e. The lowest BCUT2D eigenvalue weighted by atomic mass is 9.93. The molecule has 18 heavy (non-hydrogen) atoms. The lowest BCUT2D eigenvalue weighted by molar-refractivity contribution is 0.194. The lowest BCUT2D eigenvalue weighted by Crippen LogP contribution is -2.55. The van der Waals surface area contributed by atoms with Crippen LogP contribution in [0.4, 0.5) is 0 Å². The van der Waals surface area contributed by atoms with Gasteiger partial charge in [-0.1, -0.05) is 13.8 Å². The van der Waals surface area contributed by atoms with Gasteiger partial charge in [-0.2, -0.15) is 5.26 Å². The highest BCUT2D eigenvalue weighted by atomic mass is 15.2. The van der Waals surface area contributed by atoms with E-state index in [9.17, 15) is 5.26 Å². The van der Waals surface area contributed by atoms with Crippen molar-refractivity contribution in [3.8, 4) is 6.07 Å². The van der Waals surface area contributed by atoms with Crippen LogP contribution in [0.1, 0.15) is 52.4 Å². The SMILES string of the molecule is CCCN(CCC)CC(C#N)(NC1CC1)C1CC1. The summed E-state index contributed by atoms with van der Waals surface area (Å²) in [5, 5.41) is 13.4. The highest BCUT2D eigenvalue weighted by molar-refractivity contribution is 5.18. The van der Waals surface area contributed by atoms with Crippen LogP contribution >= 0.6 is 0 Å². The lowest BCUT2D eigenvalue weighted by Gasteiger charge is -2.34. The van der Waals surface area contributed by atoms with Crippen molar-refractivity contribution in [1.29, 1.82) is 5.26 Å². The van der Waals surface area contributed by atoms with Crippen LogP contribution in [-0.2, 0) is 0 Å². The van der Waals surface area contributed by atoms with Crippen molar-refractivity contribution in [2.45, 2.75) is 64.0 Å². The van der Waals surface area contributed by atoms with Crippen LogP contribution in [0.3, 0.4) is 0 Å². The Morgan fingerprint density at radius 3 is 2.17 bits per heavy atom. The van der Waals surface area contributed by atoms with Crippen LogP contribution in [-0.4, -0.2) is 36.1 Å². The van der Waals surface area contributed by atoms with Gasteiger partial charge in [0.15, 0.2) is 0 Å². The number of hydrogen-bond acceptors (Lipinski definition) is 3. The van der Waals surface area contributed by atoms with Crippen molar-refractivity contribution < 1.29 is 0 Å². The molecule has 0 aromatic rings. The third-order valence-corrected chi connectivity index (χ3v) is 4.07. The zero-order chi connectivity index (χ0) is 13.0. The molecule has 0 aliphatic heterocycles. The molecule has 3 nitrogen and oxygen atoms in total. The molecule has 1 N–H and O–H groups in total. The van der Waals surface area contributed by atoms with Crippen molar-refractivity contribution in [3.63, 3.8) is 0 Å². The Bertz CT molecular complexity index is 295. The second-order valence-electron chi connectivity index (χ2n) is 6.05. The topological polar surface area (TPSA) is 39.1 Å². The minimum absolute atomic E-state index is 0.258. The summed E-state index contributed by atoms with van der Waals surface area (Å²) in [6.07, 6.45) is 7.35. The molecule has 1 atom stereocenters. The largest absolute Gasteiger partial charge is 0.300 e. The summed E-state index contributed by atoms with van der Waals surface area (Å²) in [5.74, 6) is 0.597. The van der Waals surface area contributed by atoms with Gasteiger partial charge in [-0.3, -0.25) is 5.32 Å². The van der Waals surface area contributed by atoms with E-state index in [1.54, 1.807) is 0 Å². The van der Waals surface area contributed by atoms with E-state index in [1.807, 2.05) is 0 Å². The van der Waals surface area contributed by atoms with E-state index in [-0.39, 0.29) is 5.54 Å². The maximum absolute atomic E-state index is 9.71. The number of hydrogen-bond donors (Lipinski definition) is 1. The summed E-state index contributed by atoms with van der Waals surface area (Å²) in [4.78, 5) is 2.48. The average molecular weight is 249 g/mol. The van der Waals surface area contributed by atoms with Crippen molar-refractivity contribution in [2.24, 2.45) is 5.92 Å². The van der Waals surface area contributed by atoms with Crippen molar-refractivity contribution >= 4 is 0 Å². The average Bonchev–Trinajstić information content (AvgIpc) is 3.21. The molecule has 0 aromatic heterocycles. The Morgan fingerprint density at radius 1 is 1.17 bits per heavy atom. The third kappa shape index (κ3) is 3.46.